The van der Waals surface area contributed by atoms with Crippen LogP contribution in [0.25, 0.3) is 0 Å². The molecule has 0 saturated heterocycles. The lowest BCUT2D eigenvalue weighted by Crippen LogP contribution is -2.42. The molecule has 0 radical (unpaired) electrons. The van der Waals surface area contributed by atoms with Crippen LogP contribution in [0.4, 0.5) is 4.79 Å². The van der Waals surface area contributed by atoms with Gasteiger partial charge in [-0.2, -0.15) is 5.10 Å². The van der Waals surface area contributed by atoms with Gasteiger partial charge in [-0.1, -0.05) is 43.7 Å². The van der Waals surface area contributed by atoms with Crippen LogP contribution in [0.15, 0.2) is 36.7 Å². The number of aromatic nitrogens is 2. The number of nitrogens with zero attached hydrogens (tertiary/aromatic N) is 2. The third-order valence-electron chi connectivity index (χ3n) is 3.70. The van der Waals surface area contributed by atoms with Crippen LogP contribution < -0.4 is 10.6 Å². The number of urea groups is 1. The average molecular weight is 300 g/mol. The molecule has 2 rings (SSSR count). The smallest absolute Gasteiger partial charge is 0.315 e. The number of carbonyl (C=O) groups is 1. The molecule has 1 aromatic heterocycles. The van der Waals surface area contributed by atoms with Gasteiger partial charge in [-0.25, -0.2) is 4.79 Å². The van der Waals surface area contributed by atoms with Gasteiger partial charge >= 0.3 is 6.03 Å². The van der Waals surface area contributed by atoms with E-state index < -0.39 is 0 Å². The lowest BCUT2D eigenvalue weighted by Gasteiger charge is -2.26. The van der Waals surface area contributed by atoms with Crippen molar-refractivity contribution in [2.24, 2.45) is 7.05 Å². The van der Waals surface area contributed by atoms with Crippen molar-refractivity contribution in [2.45, 2.75) is 32.7 Å². The van der Waals surface area contributed by atoms with Crippen LogP contribution in [0.3, 0.4) is 0 Å². The van der Waals surface area contributed by atoms with E-state index in [0.717, 1.165) is 5.56 Å². The standard InChI is InChI=1S/C17H24N4O/c1-13-6-5-7-15(8-13)17(2,3)12-19-16(22)18-9-14-10-20-21(4)11-14/h5-8,10-11H,9,12H2,1-4H3,(H2,18,19,22). The van der Waals surface area contributed by atoms with Gasteiger partial charge < -0.3 is 10.6 Å². The predicted octanol–water partition coefficient (Wildman–Crippen LogP) is 2.51. The highest BCUT2D eigenvalue weighted by molar-refractivity contribution is 5.73. The van der Waals surface area contributed by atoms with Crippen LogP contribution in [-0.4, -0.2) is 22.4 Å². The molecule has 2 N–H and O–H groups in total. The molecular weight excluding hydrogens is 276 g/mol. The van der Waals surface area contributed by atoms with Crippen LogP contribution in [0.1, 0.15) is 30.5 Å². The molecule has 0 aliphatic heterocycles. The van der Waals surface area contributed by atoms with Gasteiger partial charge in [0.15, 0.2) is 0 Å². The van der Waals surface area contributed by atoms with Gasteiger partial charge in [0.05, 0.1) is 6.20 Å². The molecule has 1 aromatic carbocycles. The van der Waals surface area contributed by atoms with E-state index in [0.29, 0.717) is 13.1 Å². The first-order valence-corrected chi connectivity index (χ1v) is 7.43. The molecule has 0 atom stereocenters. The molecule has 0 spiro atoms. The molecule has 118 valence electrons. The van der Waals surface area contributed by atoms with E-state index in [1.54, 1.807) is 10.9 Å². The van der Waals surface area contributed by atoms with E-state index in [9.17, 15) is 4.79 Å². The Labute approximate surface area is 131 Å². The van der Waals surface area contributed by atoms with Gasteiger partial charge in [0.25, 0.3) is 0 Å². The summed E-state index contributed by atoms with van der Waals surface area (Å²) in [6.45, 7) is 7.39. The number of aryl methyl sites for hydroxylation is 2. The fourth-order valence-corrected chi connectivity index (χ4v) is 2.28. The quantitative estimate of drug-likeness (QED) is 0.891. The largest absolute Gasteiger partial charge is 0.337 e. The van der Waals surface area contributed by atoms with E-state index in [1.807, 2.05) is 13.2 Å². The summed E-state index contributed by atoms with van der Waals surface area (Å²) in [4.78, 5) is 11.9. The Morgan fingerprint density at radius 3 is 2.73 bits per heavy atom. The molecule has 1 heterocycles. The Bertz CT molecular complexity index is 646. The van der Waals surface area contributed by atoms with E-state index in [1.165, 1.54) is 11.1 Å². The van der Waals surface area contributed by atoms with E-state index >= 15 is 0 Å². The molecule has 0 unspecified atom stereocenters. The molecule has 22 heavy (non-hydrogen) atoms. The summed E-state index contributed by atoms with van der Waals surface area (Å²) in [5.74, 6) is 0. The van der Waals surface area contributed by atoms with Crippen LogP contribution >= 0.6 is 0 Å². The fourth-order valence-electron chi connectivity index (χ4n) is 2.28. The third-order valence-corrected chi connectivity index (χ3v) is 3.70. The van der Waals surface area contributed by atoms with Gasteiger partial charge in [-0.05, 0) is 12.5 Å². The molecule has 2 amide bonds. The average Bonchev–Trinajstić information content (AvgIpc) is 2.89. The highest BCUT2D eigenvalue weighted by Crippen LogP contribution is 2.22. The maximum absolute atomic E-state index is 11.9. The number of benzene rings is 1. The first-order valence-electron chi connectivity index (χ1n) is 7.43. The number of carbonyl (C=O) groups excluding carboxylic acids is 1. The second kappa shape index (κ2) is 6.64. The molecule has 5 nitrogen and oxygen atoms in total. The molecule has 0 fully saturated rings. The number of amides is 2. The molecule has 2 aromatic rings. The molecule has 0 bridgehead atoms. The minimum absolute atomic E-state index is 0.113. The summed E-state index contributed by atoms with van der Waals surface area (Å²) in [6, 6.07) is 8.23. The van der Waals surface area contributed by atoms with E-state index in [4.69, 9.17) is 0 Å². The number of hydrogen-bond acceptors (Lipinski definition) is 2. The Morgan fingerprint density at radius 1 is 1.32 bits per heavy atom. The maximum Gasteiger partial charge on any atom is 0.315 e. The van der Waals surface area contributed by atoms with Crippen molar-refractivity contribution in [3.63, 3.8) is 0 Å². The second-order valence-electron chi connectivity index (χ2n) is 6.31. The Balaban J connectivity index is 1.84. The van der Waals surface area contributed by atoms with Gasteiger partial charge in [-0.3, -0.25) is 4.68 Å². The Hall–Kier alpha value is -2.30. The first-order chi connectivity index (χ1) is 10.4. The third kappa shape index (κ3) is 4.35. The molecule has 0 aliphatic carbocycles. The number of nitrogens with one attached hydrogen (secondary N) is 2. The fraction of sp³-hybridized carbons (Fsp3) is 0.412. The maximum atomic E-state index is 11.9. The first kappa shape index (κ1) is 16.1. The van der Waals surface area contributed by atoms with E-state index in [-0.39, 0.29) is 11.4 Å². The monoisotopic (exact) mass is 300 g/mol. The minimum atomic E-state index is -0.162. The number of hydrogen-bond donors (Lipinski definition) is 2. The van der Waals surface area contributed by atoms with Gasteiger partial charge in [0.2, 0.25) is 0 Å². The van der Waals surface area contributed by atoms with Crippen molar-refractivity contribution in [3.8, 4) is 0 Å². The summed E-state index contributed by atoms with van der Waals surface area (Å²) < 4.78 is 1.72. The highest BCUT2D eigenvalue weighted by atomic mass is 16.2. The normalized spacial score (nSPS) is 11.3. The van der Waals surface area contributed by atoms with Crippen molar-refractivity contribution >= 4 is 6.03 Å². The van der Waals surface area contributed by atoms with Crippen LogP contribution in [-0.2, 0) is 19.0 Å². The Morgan fingerprint density at radius 2 is 2.09 bits per heavy atom. The zero-order valence-electron chi connectivity index (χ0n) is 13.7. The topological polar surface area (TPSA) is 59.0 Å². The summed E-state index contributed by atoms with van der Waals surface area (Å²) in [5, 5.41) is 9.86. The zero-order valence-corrected chi connectivity index (χ0v) is 13.7. The lowest BCUT2D eigenvalue weighted by molar-refractivity contribution is 0.238. The summed E-state index contributed by atoms with van der Waals surface area (Å²) in [6.07, 6.45) is 3.63. The van der Waals surface area contributed by atoms with Gasteiger partial charge in [-0.15, -0.1) is 0 Å². The molecule has 0 aliphatic rings. The number of rotatable bonds is 5. The highest BCUT2D eigenvalue weighted by Gasteiger charge is 2.21. The van der Waals surface area contributed by atoms with Gasteiger partial charge in [0, 0.05) is 37.3 Å². The van der Waals surface area contributed by atoms with Gasteiger partial charge in [0.1, 0.15) is 0 Å². The van der Waals surface area contributed by atoms with Crippen LogP contribution in [0.5, 0.6) is 0 Å². The predicted molar refractivity (Wildman–Crippen MR) is 87.7 cm³/mol. The summed E-state index contributed by atoms with van der Waals surface area (Å²) >= 11 is 0. The minimum Gasteiger partial charge on any atom is -0.337 e. The van der Waals surface area contributed by atoms with Crippen molar-refractivity contribution in [2.75, 3.05) is 6.54 Å². The van der Waals surface area contributed by atoms with Crippen molar-refractivity contribution in [1.29, 1.82) is 0 Å². The molecular formula is C17H24N4O. The van der Waals surface area contributed by atoms with E-state index in [2.05, 4.69) is 60.8 Å². The zero-order chi connectivity index (χ0) is 16.2. The van der Waals surface area contributed by atoms with Crippen molar-refractivity contribution in [1.82, 2.24) is 20.4 Å². The Kier molecular flexibility index (Phi) is 4.85. The lowest BCUT2D eigenvalue weighted by atomic mass is 9.84. The summed E-state index contributed by atoms with van der Waals surface area (Å²) in [7, 11) is 1.86. The summed E-state index contributed by atoms with van der Waals surface area (Å²) in [5.41, 5.74) is 3.32. The second-order valence-corrected chi connectivity index (χ2v) is 6.31. The molecule has 0 saturated carbocycles. The van der Waals surface area contributed by atoms with Crippen molar-refractivity contribution in [3.05, 3.63) is 53.3 Å². The van der Waals surface area contributed by atoms with Crippen LogP contribution in [0, 0.1) is 6.92 Å². The van der Waals surface area contributed by atoms with Crippen molar-refractivity contribution < 1.29 is 4.79 Å². The SMILES string of the molecule is Cc1cccc(C(C)(C)CNC(=O)NCc2cnn(C)c2)c1. The van der Waals surface area contributed by atoms with Crippen LogP contribution in [0.2, 0.25) is 0 Å². The molecule has 5 heteroatoms.